The Labute approximate surface area is 116 Å². The molecule has 1 heterocycles. The first-order valence-corrected chi connectivity index (χ1v) is 7.45. The normalized spacial score (nSPS) is 17.3. The van der Waals surface area contributed by atoms with Crippen LogP contribution in [-0.4, -0.2) is 15.8 Å². The van der Waals surface area contributed by atoms with E-state index < -0.39 is 0 Å². The van der Waals surface area contributed by atoms with E-state index in [1.807, 2.05) is 6.92 Å². The van der Waals surface area contributed by atoms with Crippen molar-refractivity contribution in [2.24, 2.45) is 5.92 Å². The molecule has 2 rings (SSSR count). The first kappa shape index (κ1) is 13.6. The summed E-state index contributed by atoms with van der Waals surface area (Å²) in [6.45, 7) is 4.87. The Bertz CT molecular complexity index is 468. The molecule has 1 aliphatic rings. The van der Waals surface area contributed by atoms with Crippen LogP contribution in [-0.2, 0) is 6.54 Å². The van der Waals surface area contributed by atoms with Crippen LogP contribution in [0.25, 0.3) is 0 Å². The highest BCUT2D eigenvalue weighted by molar-refractivity contribution is 9.10. The van der Waals surface area contributed by atoms with Crippen LogP contribution in [0.2, 0.25) is 0 Å². The Morgan fingerprint density at radius 2 is 2.33 bits per heavy atom. The molecule has 1 aliphatic carbocycles. The second-order valence-corrected chi connectivity index (χ2v) is 5.82. The lowest BCUT2D eigenvalue weighted by molar-refractivity contribution is 0.285. The molecule has 0 saturated heterocycles. The molecule has 0 aromatic carbocycles. The highest BCUT2D eigenvalue weighted by atomic mass is 79.9. The number of anilines is 1. The zero-order valence-electron chi connectivity index (χ0n) is 10.9. The van der Waals surface area contributed by atoms with Gasteiger partial charge in [-0.3, -0.25) is 4.79 Å². The number of rotatable bonds is 5. The van der Waals surface area contributed by atoms with Crippen LogP contribution in [0.15, 0.2) is 15.5 Å². The third kappa shape index (κ3) is 2.76. The van der Waals surface area contributed by atoms with Crippen LogP contribution >= 0.6 is 15.9 Å². The van der Waals surface area contributed by atoms with Gasteiger partial charge in [-0.1, -0.05) is 13.3 Å². The van der Waals surface area contributed by atoms with Gasteiger partial charge in [0.05, 0.1) is 11.9 Å². The highest BCUT2D eigenvalue weighted by Crippen LogP contribution is 2.31. The molecule has 0 radical (unpaired) electrons. The minimum Gasteiger partial charge on any atom is -0.380 e. The van der Waals surface area contributed by atoms with Crippen LogP contribution in [0.1, 0.15) is 39.5 Å². The minimum absolute atomic E-state index is 0.0531. The van der Waals surface area contributed by atoms with Gasteiger partial charge >= 0.3 is 0 Å². The van der Waals surface area contributed by atoms with Crippen molar-refractivity contribution in [2.45, 2.75) is 52.1 Å². The summed E-state index contributed by atoms with van der Waals surface area (Å²) >= 11 is 3.38. The van der Waals surface area contributed by atoms with Gasteiger partial charge in [-0.25, -0.2) is 4.68 Å². The van der Waals surface area contributed by atoms with E-state index in [0.717, 1.165) is 18.0 Å². The molecule has 5 heteroatoms. The summed E-state index contributed by atoms with van der Waals surface area (Å²) in [4.78, 5) is 12.0. The van der Waals surface area contributed by atoms with Gasteiger partial charge in [0.15, 0.2) is 0 Å². The SMILES string of the molecule is CCCn1ncc(NC(C)C2CCC2)c(Br)c1=O. The number of halogens is 1. The predicted molar refractivity (Wildman–Crippen MR) is 76.9 cm³/mol. The van der Waals surface area contributed by atoms with Gasteiger partial charge in [-0.05, 0) is 48.0 Å². The van der Waals surface area contributed by atoms with Gasteiger partial charge in [-0.2, -0.15) is 5.10 Å². The lowest BCUT2D eigenvalue weighted by Gasteiger charge is -2.32. The highest BCUT2D eigenvalue weighted by Gasteiger charge is 2.24. The van der Waals surface area contributed by atoms with Gasteiger partial charge in [0, 0.05) is 12.6 Å². The molecule has 1 saturated carbocycles. The van der Waals surface area contributed by atoms with Crippen LogP contribution in [0.4, 0.5) is 5.69 Å². The zero-order chi connectivity index (χ0) is 13.1. The summed E-state index contributed by atoms with van der Waals surface area (Å²) in [6, 6.07) is 0.401. The second kappa shape index (κ2) is 5.87. The molecule has 18 heavy (non-hydrogen) atoms. The topological polar surface area (TPSA) is 46.9 Å². The summed E-state index contributed by atoms with van der Waals surface area (Å²) in [6.07, 6.45) is 6.55. The molecule has 1 fully saturated rings. The number of aromatic nitrogens is 2. The maximum absolute atomic E-state index is 12.0. The van der Waals surface area contributed by atoms with Crippen molar-refractivity contribution >= 4 is 21.6 Å². The maximum Gasteiger partial charge on any atom is 0.283 e. The molecule has 1 unspecified atom stereocenters. The van der Waals surface area contributed by atoms with Crippen molar-refractivity contribution in [3.8, 4) is 0 Å². The van der Waals surface area contributed by atoms with E-state index in [0.29, 0.717) is 17.1 Å². The van der Waals surface area contributed by atoms with Crippen LogP contribution in [0, 0.1) is 5.92 Å². The number of hydrogen-bond donors (Lipinski definition) is 1. The van der Waals surface area contributed by atoms with Crippen molar-refractivity contribution in [3.05, 3.63) is 21.0 Å². The molecule has 1 aromatic rings. The molecule has 4 nitrogen and oxygen atoms in total. The van der Waals surface area contributed by atoms with E-state index >= 15 is 0 Å². The summed E-state index contributed by atoms with van der Waals surface area (Å²) < 4.78 is 2.10. The molecular weight excluding hydrogens is 294 g/mol. The summed E-state index contributed by atoms with van der Waals surface area (Å²) in [7, 11) is 0. The van der Waals surface area contributed by atoms with Crippen LogP contribution in [0.3, 0.4) is 0 Å². The van der Waals surface area contributed by atoms with E-state index in [1.165, 1.54) is 23.9 Å². The van der Waals surface area contributed by atoms with E-state index in [1.54, 1.807) is 6.20 Å². The Morgan fingerprint density at radius 1 is 1.61 bits per heavy atom. The van der Waals surface area contributed by atoms with Crippen molar-refractivity contribution in [3.63, 3.8) is 0 Å². The number of nitrogens with one attached hydrogen (secondary N) is 1. The van der Waals surface area contributed by atoms with E-state index in [4.69, 9.17) is 0 Å². The standard InChI is InChI=1S/C13H20BrN3O/c1-3-7-17-13(18)12(14)11(8-15-17)16-9(2)10-5-4-6-10/h8-10,16H,3-7H2,1-2H3. The van der Waals surface area contributed by atoms with Gasteiger partial charge in [0.2, 0.25) is 0 Å². The van der Waals surface area contributed by atoms with Gasteiger partial charge in [-0.15, -0.1) is 0 Å². The number of hydrogen-bond acceptors (Lipinski definition) is 3. The first-order chi connectivity index (χ1) is 8.63. The monoisotopic (exact) mass is 313 g/mol. The molecule has 100 valence electrons. The number of aryl methyl sites for hydroxylation is 1. The summed E-state index contributed by atoms with van der Waals surface area (Å²) in [5.74, 6) is 0.731. The van der Waals surface area contributed by atoms with Gasteiger partial charge in [0.1, 0.15) is 4.47 Å². The third-order valence-corrected chi connectivity index (χ3v) is 4.43. The Morgan fingerprint density at radius 3 is 2.89 bits per heavy atom. The third-order valence-electron chi connectivity index (χ3n) is 3.66. The molecular formula is C13H20BrN3O. The fraction of sp³-hybridized carbons (Fsp3) is 0.692. The van der Waals surface area contributed by atoms with Gasteiger partial charge < -0.3 is 5.32 Å². The van der Waals surface area contributed by atoms with E-state index in [9.17, 15) is 4.79 Å². The average molecular weight is 314 g/mol. The Hall–Kier alpha value is -0.840. The lowest BCUT2D eigenvalue weighted by atomic mass is 9.80. The van der Waals surface area contributed by atoms with Crippen molar-refractivity contribution in [1.29, 1.82) is 0 Å². The first-order valence-electron chi connectivity index (χ1n) is 6.65. The summed E-state index contributed by atoms with van der Waals surface area (Å²) in [5, 5.41) is 7.60. The predicted octanol–water partition coefficient (Wildman–Crippen LogP) is 3.02. The van der Waals surface area contributed by atoms with Crippen LogP contribution < -0.4 is 10.9 Å². The van der Waals surface area contributed by atoms with Crippen molar-refractivity contribution < 1.29 is 0 Å². The molecule has 0 spiro atoms. The average Bonchev–Trinajstić information content (AvgIpc) is 2.26. The molecule has 1 aromatic heterocycles. The fourth-order valence-corrected chi connectivity index (χ4v) is 2.66. The fourth-order valence-electron chi connectivity index (χ4n) is 2.24. The number of nitrogens with zero attached hydrogens (tertiary/aromatic N) is 2. The molecule has 1 N–H and O–H groups in total. The quantitative estimate of drug-likeness (QED) is 0.909. The van der Waals surface area contributed by atoms with Crippen molar-refractivity contribution in [2.75, 3.05) is 5.32 Å². The van der Waals surface area contributed by atoms with Gasteiger partial charge in [0.25, 0.3) is 5.56 Å². The second-order valence-electron chi connectivity index (χ2n) is 5.02. The molecule has 1 atom stereocenters. The van der Waals surface area contributed by atoms with Crippen LogP contribution in [0.5, 0.6) is 0 Å². The van der Waals surface area contributed by atoms with E-state index in [-0.39, 0.29) is 5.56 Å². The Kier molecular flexibility index (Phi) is 4.43. The smallest absolute Gasteiger partial charge is 0.283 e. The molecule has 0 bridgehead atoms. The van der Waals surface area contributed by atoms with Crippen molar-refractivity contribution in [1.82, 2.24) is 9.78 Å². The summed E-state index contributed by atoms with van der Waals surface area (Å²) in [5.41, 5.74) is 0.759. The minimum atomic E-state index is -0.0531. The molecule has 0 aliphatic heterocycles. The lowest BCUT2D eigenvalue weighted by Crippen LogP contribution is -2.32. The maximum atomic E-state index is 12.0. The van der Waals surface area contributed by atoms with E-state index in [2.05, 4.69) is 33.3 Å². The zero-order valence-corrected chi connectivity index (χ0v) is 12.5. The molecule has 0 amide bonds. The largest absolute Gasteiger partial charge is 0.380 e. The Balaban J connectivity index is 2.13.